The lowest BCUT2D eigenvalue weighted by atomic mass is 9.78. The summed E-state index contributed by atoms with van der Waals surface area (Å²) in [6.45, 7) is 6.27. The van der Waals surface area contributed by atoms with Crippen LogP contribution in [0, 0.1) is 24.5 Å². The van der Waals surface area contributed by atoms with Crippen molar-refractivity contribution < 1.29 is 13.5 Å². The second kappa shape index (κ2) is 7.09. The molecule has 1 fully saturated rings. The summed E-state index contributed by atoms with van der Waals surface area (Å²) < 4.78 is 34.2. The standard InChI is InChI=1S/C20H21ClF2N6O/c1-10-16(23)17(30-4)26-19(25-10)29-8-14-11(2)28(3)18(24)27-20(14,9-29)13-7-12(21)5-6-15(13)22/h5-7,14H,2,8-9H2,1,3-4H3,(H2,24,27)/t14-,20+/m0/s1. The monoisotopic (exact) mass is 434 g/mol. The number of aliphatic imine (C=N–C) groups is 1. The SMILES string of the molecule is C=C1[C@@H]2CN(c3nc(C)c(F)c(OC)n3)C[C@]2(c2cc(Cl)ccc2F)N=C(N)N1C. The van der Waals surface area contributed by atoms with E-state index in [9.17, 15) is 8.78 Å². The van der Waals surface area contributed by atoms with E-state index in [1.165, 1.54) is 26.2 Å². The molecule has 2 aliphatic heterocycles. The van der Waals surface area contributed by atoms with Gasteiger partial charge in [-0.05, 0) is 25.1 Å². The predicted molar refractivity (Wildman–Crippen MR) is 111 cm³/mol. The molecular formula is C20H21ClF2N6O. The molecule has 1 aromatic carbocycles. The number of guanidine groups is 1. The quantitative estimate of drug-likeness (QED) is 0.800. The molecule has 1 aromatic heterocycles. The minimum Gasteiger partial charge on any atom is -0.479 e. The number of hydrogen-bond acceptors (Lipinski definition) is 7. The van der Waals surface area contributed by atoms with E-state index in [0.717, 1.165) is 0 Å². The summed E-state index contributed by atoms with van der Waals surface area (Å²) in [7, 11) is 3.09. The second-order valence-corrected chi connectivity index (χ2v) is 7.87. The number of methoxy groups -OCH3 is 1. The number of halogens is 3. The van der Waals surface area contributed by atoms with E-state index in [-0.39, 0.29) is 35.9 Å². The first kappa shape index (κ1) is 20.3. The first-order valence-electron chi connectivity index (χ1n) is 9.24. The number of anilines is 1. The van der Waals surface area contributed by atoms with E-state index in [2.05, 4.69) is 16.5 Å². The van der Waals surface area contributed by atoms with Gasteiger partial charge in [-0.25, -0.2) is 14.4 Å². The molecule has 2 aromatic rings. The molecule has 10 heteroatoms. The van der Waals surface area contributed by atoms with Crippen LogP contribution in [0.1, 0.15) is 11.3 Å². The lowest BCUT2D eigenvalue weighted by Gasteiger charge is -2.40. The molecular weight excluding hydrogens is 414 g/mol. The zero-order valence-electron chi connectivity index (χ0n) is 16.8. The molecule has 2 aliphatic rings. The third-order valence-electron chi connectivity index (χ3n) is 5.75. The van der Waals surface area contributed by atoms with Crippen LogP contribution in [0.5, 0.6) is 5.88 Å². The summed E-state index contributed by atoms with van der Waals surface area (Å²) in [6.07, 6.45) is 0. The highest BCUT2D eigenvalue weighted by atomic mass is 35.5. The lowest BCUT2D eigenvalue weighted by molar-refractivity contribution is 0.314. The number of hydrogen-bond donors (Lipinski definition) is 1. The first-order chi connectivity index (χ1) is 14.2. The molecule has 0 radical (unpaired) electrons. The van der Waals surface area contributed by atoms with Gasteiger partial charge in [0.1, 0.15) is 11.4 Å². The summed E-state index contributed by atoms with van der Waals surface area (Å²) >= 11 is 6.18. The molecule has 0 aliphatic carbocycles. The fourth-order valence-electron chi connectivity index (χ4n) is 4.10. The molecule has 3 heterocycles. The summed E-state index contributed by atoms with van der Waals surface area (Å²) in [4.78, 5) is 16.6. The van der Waals surface area contributed by atoms with Gasteiger partial charge in [-0.15, -0.1) is 0 Å². The van der Waals surface area contributed by atoms with E-state index in [1.54, 1.807) is 22.9 Å². The van der Waals surface area contributed by atoms with Crippen LogP contribution in [0.4, 0.5) is 14.7 Å². The fraction of sp³-hybridized carbons (Fsp3) is 0.350. The smallest absolute Gasteiger partial charge is 0.255 e. The molecule has 0 saturated carbocycles. The highest BCUT2D eigenvalue weighted by Gasteiger charge is 2.54. The van der Waals surface area contributed by atoms with Crippen molar-refractivity contribution in [3.05, 3.63) is 58.4 Å². The normalized spacial score (nSPS) is 23.5. The third kappa shape index (κ3) is 2.96. The average Bonchev–Trinajstić information content (AvgIpc) is 3.10. The van der Waals surface area contributed by atoms with Gasteiger partial charge in [-0.3, -0.25) is 0 Å². The van der Waals surface area contributed by atoms with Gasteiger partial charge < -0.3 is 20.3 Å². The number of nitrogens with zero attached hydrogens (tertiary/aromatic N) is 5. The first-order valence-corrected chi connectivity index (χ1v) is 9.62. The molecule has 1 saturated heterocycles. The van der Waals surface area contributed by atoms with Crippen molar-refractivity contribution in [2.24, 2.45) is 16.6 Å². The largest absolute Gasteiger partial charge is 0.479 e. The Morgan fingerprint density at radius 2 is 2.07 bits per heavy atom. The Morgan fingerprint density at radius 3 is 2.77 bits per heavy atom. The Labute approximate surface area is 177 Å². The summed E-state index contributed by atoms with van der Waals surface area (Å²) in [5.41, 5.74) is 6.20. The second-order valence-electron chi connectivity index (χ2n) is 7.43. The molecule has 30 heavy (non-hydrogen) atoms. The minimum absolute atomic E-state index is 0.147. The predicted octanol–water partition coefficient (Wildman–Crippen LogP) is 2.83. The Bertz CT molecular complexity index is 1080. The Kier molecular flexibility index (Phi) is 4.80. The van der Waals surface area contributed by atoms with Crippen LogP contribution in [-0.4, -0.2) is 48.1 Å². The Balaban J connectivity index is 1.88. The topological polar surface area (TPSA) is 79.9 Å². The number of benzene rings is 1. The Morgan fingerprint density at radius 1 is 1.33 bits per heavy atom. The van der Waals surface area contributed by atoms with Crippen LogP contribution in [0.2, 0.25) is 5.02 Å². The maximum atomic E-state index is 15.0. The third-order valence-corrected chi connectivity index (χ3v) is 5.98. The number of ether oxygens (including phenoxy) is 1. The van der Waals surface area contributed by atoms with Crippen molar-refractivity contribution in [3.63, 3.8) is 0 Å². The van der Waals surface area contributed by atoms with E-state index < -0.39 is 17.2 Å². The van der Waals surface area contributed by atoms with Crippen molar-refractivity contribution >= 4 is 23.5 Å². The maximum absolute atomic E-state index is 15.0. The van der Waals surface area contributed by atoms with Crippen LogP contribution in [-0.2, 0) is 5.54 Å². The van der Waals surface area contributed by atoms with Gasteiger partial charge in [0.2, 0.25) is 11.8 Å². The molecule has 2 atom stereocenters. The van der Waals surface area contributed by atoms with Crippen LogP contribution in [0.15, 0.2) is 35.5 Å². The summed E-state index contributed by atoms with van der Waals surface area (Å²) in [5.74, 6) is -1.09. The van der Waals surface area contributed by atoms with E-state index in [0.29, 0.717) is 22.8 Å². The van der Waals surface area contributed by atoms with Crippen molar-refractivity contribution in [1.82, 2.24) is 14.9 Å². The highest BCUT2D eigenvalue weighted by molar-refractivity contribution is 6.30. The number of aromatic nitrogens is 2. The van der Waals surface area contributed by atoms with Crippen LogP contribution < -0.4 is 15.4 Å². The number of fused-ring (bicyclic) bond motifs is 1. The zero-order chi connectivity index (χ0) is 21.8. The average molecular weight is 435 g/mol. The van der Waals surface area contributed by atoms with Gasteiger partial charge in [0.25, 0.3) is 5.88 Å². The van der Waals surface area contributed by atoms with Crippen LogP contribution >= 0.6 is 11.6 Å². The minimum atomic E-state index is -1.08. The maximum Gasteiger partial charge on any atom is 0.255 e. The van der Waals surface area contributed by atoms with Gasteiger partial charge >= 0.3 is 0 Å². The zero-order valence-corrected chi connectivity index (χ0v) is 17.5. The Hall–Kier alpha value is -2.94. The molecule has 4 rings (SSSR count). The van der Waals surface area contributed by atoms with Crippen molar-refractivity contribution in [3.8, 4) is 5.88 Å². The molecule has 7 nitrogen and oxygen atoms in total. The summed E-state index contributed by atoms with van der Waals surface area (Å²) in [6, 6.07) is 4.34. The number of aryl methyl sites for hydroxylation is 1. The van der Waals surface area contributed by atoms with Gasteiger partial charge in [-0.1, -0.05) is 18.2 Å². The van der Waals surface area contributed by atoms with E-state index >= 15 is 0 Å². The molecule has 0 spiro atoms. The van der Waals surface area contributed by atoms with Gasteiger partial charge in [0, 0.05) is 35.8 Å². The number of nitrogens with two attached hydrogens (primary N) is 1. The molecule has 158 valence electrons. The molecule has 2 N–H and O–H groups in total. The van der Waals surface area contributed by atoms with E-state index in [1.807, 2.05) is 0 Å². The number of rotatable bonds is 3. The highest BCUT2D eigenvalue weighted by Crippen LogP contribution is 2.48. The van der Waals surface area contributed by atoms with Crippen molar-refractivity contribution in [2.45, 2.75) is 12.5 Å². The summed E-state index contributed by atoms with van der Waals surface area (Å²) in [5, 5.41) is 0.381. The lowest BCUT2D eigenvalue weighted by Crippen LogP contribution is -2.49. The van der Waals surface area contributed by atoms with Crippen molar-refractivity contribution in [2.75, 3.05) is 32.1 Å². The molecule has 0 unspecified atom stereocenters. The molecule has 0 bridgehead atoms. The fourth-order valence-corrected chi connectivity index (χ4v) is 4.27. The molecule has 0 amide bonds. The van der Waals surface area contributed by atoms with Gasteiger partial charge in [0.05, 0.1) is 19.3 Å². The van der Waals surface area contributed by atoms with Crippen LogP contribution in [0.25, 0.3) is 0 Å². The van der Waals surface area contributed by atoms with E-state index in [4.69, 9.17) is 27.1 Å². The van der Waals surface area contributed by atoms with Gasteiger partial charge in [-0.2, -0.15) is 9.37 Å². The van der Waals surface area contributed by atoms with Crippen LogP contribution in [0.3, 0.4) is 0 Å². The van der Waals surface area contributed by atoms with Crippen molar-refractivity contribution in [1.29, 1.82) is 0 Å². The van der Waals surface area contributed by atoms with Gasteiger partial charge in [0.15, 0.2) is 5.96 Å².